The van der Waals surface area contributed by atoms with Gasteiger partial charge in [-0.2, -0.15) is 5.26 Å². The average molecular weight is 167 g/mol. The Labute approximate surface area is 69.8 Å². The average Bonchev–Trinajstić information content (AvgIpc) is 1.95. The van der Waals surface area contributed by atoms with Crippen molar-refractivity contribution in [3.8, 4) is 5.40 Å². The first-order valence-corrected chi connectivity index (χ1v) is 3.56. The molecule has 0 saturated heterocycles. The molecule has 0 aliphatic heterocycles. The minimum atomic E-state index is 0. The first-order valence-electron chi connectivity index (χ1n) is 2.74. The van der Waals surface area contributed by atoms with E-state index in [4.69, 9.17) is 11.0 Å². The number of nitriles is 1. The zero-order chi connectivity index (χ0) is 7.40. The van der Waals surface area contributed by atoms with Crippen LogP contribution < -0.4 is 11.9 Å². The summed E-state index contributed by atoms with van der Waals surface area (Å²) in [6.07, 6.45) is 0. The first-order chi connectivity index (χ1) is 4.83. The molecule has 3 nitrogen and oxygen atoms in total. The topological polar surface area (TPSA) is 84.8 Å². The van der Waals surface area contributed by atoms with Crippen LogP contribution in [-0.2, 0) is 0 Å². The molecule has 58 valence electrons. The molecular weight excluding hydrogens is 158 g/mol. The third-order valence-corrected chi connectivity index (χ3v) is 1.64. The lowest BCUT2D eigenvalue weighted by atomic mass is 10.3. The minimum absolute atomic E-state index is 0. The summed E-state index contributed by atoms with van der Waals surface area (Å²) >= 11 is 1.13. The maximum Gasteiger partial charge on any atom is 0.138 e. The van der Waals surface area contributed by atoms with E-state index in [-0.39, 0.29) is 6.15 Å². The number of hydrogen-bond acceptors (Lipinski definition) is 4. The molecule has 0 fully saturated rings. The summed E-state index contributed by atoms with van der Waals surface area (Å²) < 4.78 is 0. The summed E-state index contributed by atoms with van der Waals surface area (Å²) in [5, 5.41) is 10.2. The highest BCUT2D eigenvalue weighted by atomic mass is 32.2. The van der Waals surface area contributed by atoms with Gasteiger partial charge in [-0.1, -0.05) is 0 Å². The van der Waals surface area contributed by atoms with Crippen LogP contribution >= 0.6 is 11.8 Å². The highest BCUT2D eigenvalue weighted by Gasteiger charge is 1.89. The second-order valence-electron chi connectivity index (χ2n) is 1.76. The Morgan fingerprint density at radius 3 is 2.27 bits per heavy atom. The van der Waals surface area contributed by atoms with E-state index in [0.717, 1.165) is 22.3 Å². The molecule has 1 aromatic rings. The highest BCUT2D eigenvalue weighted by Crippen LogP contribution is 2.16. The molecule has 0 aromatic heterocycles. The number of benzene rings is 1. The predicted octanol–water partition coefficient (Wildman–Crippen LogP) is 2.00. The highest BCUT2D eigenvalue weighted by molar-refractivity contribution is 8.03. The Kier molecular flexibility index (Phi) is 4.11. The van der Waals surface area contributed by atoms with Crippen LogP contribution in [0.3, 0.4) is 0 Å². The van der Waals surface area contributed by atoms with Crippen molar-refractivity contribution < 1.29 is 0 Å². The molecule has 0 aliphatic rings. The minimum Gasteiger partial charge on any atom is -0.399 e. The largest absolute Gasteiger partial charge is 0.399 e. The second kappa shape index (κ2) is 4.61. The van der Waals surface area contributed by atoms with Gasteiger partial charge in [0, 0.05) is 10.6 Å². The summed E-state index contributed by atoms with van der Waals surface area (Å²) in [7, 11) is 0. The summed E-state index contributed by atoms with van der Waals surface area (Å²) in [5.41, 5.74) is 6.16. The van der Waals surface area contributed by atoms with Crippen LogP contribution in [0.5, 0.6) is 0 Å². The fourth-order valence-electron chi connectivity index (χ4n) is 0.589. The zero-order valence-corrected chi connectivity index (χ0v) is 6.77. The number of hydrogen-bond donors (Lipinski definition) is 2. The lowest BCUT2D eigenvalue weighted by molar-refractivity contribution is 1.47. The van der Waals surface area contributed by atoms with Crippen molar-refractivity contribution in [1.29, 1.82) is 5.26 Å². The summed E-state index contributed by atoms with van der Waals surface area (Å²) in [6, 6.07) is 7.20. The molecule has 1 rings (SSSR count). The molecule has 0 radical (unpaired) electrons. The van der Waals surface area contributed by atoms with Crippen molar-refractivity contribution in [3.05, 3.63) is 24.3 Å². The van der Waals surface area contributed by atoms with Crippen molar-refractivity contribution in [2.24, 2.45) is 0 Å². The maximum absolute atomic E-state index is 8.27. The molecule has 0 saturated carbocycles. The fourth-order valence-corrected chi connectivity index (χ4v) is 0.966. The lowest BCUT2D eigenvalue weighted by Gasteiger charge is -1.92. The van der Waals surface area contributed by atoms with Gasteiger partial charge in [-0.15, -0.1) is 0 Å². The number of thiocyanates is 1. The third-order valence-electron chi connectivity index (χ3n) is 1.04. The van der Waals surface area contributed by atoms with Gasteiger partial charge in [-0.05, 0) is 36.0 Å². The molecular formula is C7H9N3S. The van der Waals surface area contributed by atoms with Gasteiger partial charge in [0.25, 0.3) is 0 Å². The molecule has 0 aliphatic carbocycles. The lowest BCUT2D eigenvalue weighted by Crippen LogP contribution is -1.81. The standard InChI is InChI=1S/C7H6N2S.H3N/c8-5-10-7-3-1-6(9)2-4-7;/h1-4H,9H2;1H3. The van der Waals surface area contributed by atoms with Gasteiger partial charge in [0.05, 0.1) is 0 Å². The molecule has 11 heavy (non-hydrogen) atoms. The Hall–Kier alpha value is -1.18. The van der Waals surface area contributed by atoms with Crippen LogP contribution in [-0.4, -0.2) is 0 Å². The van der Waals surface area contributed by atoms with Gasteiger partial charge in [0.15, 0.2) is 0 Å². The number of nitrogens with two attached hydrogens (primary N) is 1. The smallest absolute Gasteiger partial charge is 0.138 e. The van der Waals surface area contributed by atoms with Gasteiger partial charge in [0.2, 0.25) is 0 Å². The van der Waals surface area contributed by atoms with Gasteiger partial charge in [-0.3, -0.25) is 0 Å². The maximum atomic E-state index is 8.27. The summed E-state index contributed by atoms with van der Waals surface area (Å²) in [6.45, 7) is 0. The van der Waals surface area contributed by atoms with Crippen molar-refractivity contribution in [3.63, 3.8) is 0 Å². The van der Waals surface area contributed by atoms with E-state index in [1.807, 2.05) is 17.5 Å². The van der Waals surface area contributed by atoms with Gasteiger partial charge in [-0.25, -0.2) is 0 Å². The van der Waals surface area contributed by atoms with E-state index >= 15 is 0 Å². The summed E-state index contributed by atoms with van der Waals surface area (Å²) in [5.74, 6) is 0. The van der Waals surface area contributed by atoms with E-state index in [1.54, 1.807) is 12.1 Å². The second-order valence-corrected chi connectivity index (χ2v) is 2.62. The molecule has 0 atom stereocenters. The van der Waals surface area contributed by atoms with Crippen LogP contribution in [0, 0.1) is 10.7 Å². The van der Waals surface area contributed by atoms with E-state index in [2.05, 4.69) is 0 Å². The SMILES string of the molecule is N.N#CSc1ccc(N)cc1. The van der Waals surface area contributed by atoms with Crippen LogP contribution in [0.15, 0.2) is 29.2 Å². The van der Waals surface area contributed by atoms with E-state index < -0.39 is 0 Å². The molecule has 0 amide bonds. The monoisotopic (exact) mass is 167 g/mol. The van der Waals surface area contributed by atoms with E-state index in [1.165, 1.54) is 0 Å². The quantitative estimate of drug-likeness (QED) is 0.380. The van der Waals surface area contributed by atoms with E-state index in [9.17, 15) is 0 Å². The van der Waals surface area contributed by atoms with E-state index in [0.29, 0.717) is 0 Å². The van der Waals surface area contributed by atoms with Crippen molar-refractivity contribution in [2.45, 2.75) is 4.90 Å². The summed E-state index contributed by atoms with van der Waals surface area (Å²) in [4.78, 5) is 0.928. The van der Waals surface area contributed by atoms with Crippen molar-refractivity contribution in [1.82, 2.24) is 6.15 Å². The third kappa shape index (κ3) is 2.94. The molecule has 4 heteroatoms. The normalized spacial score (nSPS) is 7.91. The number of nitrogens with zero attached hydrogens (tertiary/aromatic N) is 1. The first kappa shape index (κ1) is 9.82. The zero-order valence-electron chi connectivity index (χ0n) is 5.95. The van der Waals surface area contributed by atoms with Gasteiger partial charge in [0.1, 0.15) is 5.40 Å². The Balaban J connectivity index is 0.000001000. The number of anilines is 1. The Bertz CT molecular complexity index is 249. The predicted molar refractivity (Wildman–Crippen MR) is 47.3 cm³/mol. The Morgan fingerprint density at radius 2 is 1.82 bits per heavy atom. The number of thioether (sulfide) groups is 1. The molecule has 5 N–H and O–H groups in total. The number of rotatable bonds is 1. The molecule has 0 unspecified atom stereocenters. The molecule has 1 aromatic carbocycles. The van der Waals surface area contributed by atoms with Crippen LogP contribution in [0.2, 0.25) is 0 Å². The van der Waals surface area contributed by atoms with Crippen LogP contribution in [0.25, 0.3) is 0 Å². The van der Waals surface area contributed by atoms with Gasteiger partial charge >= 0.3 is 0 Å². The van der Waals surface area contributed by atoms with Crippen LogP contribution in [0.1, 0.15) is 0 Å². The number of nitrogen functional groups attached to an aromatic ring is 1. The molecule has 0 spiro atoms. The van der Waals surface area contributed by atoms with Crippen molar-refractivity contribution >= 4 is 17.4 Å². The molecule has 0 heterocycles. The Morgan fingerprint density at radius 1 is 1.27 bits per heavy atom. The van der Waals surface area contributed by atoms with Crippen LogP contribution in [0.4, 0.5) is 5.69 Å². The fraction of sp³-hybridized carbons (Fsp3) is 0. The molecule has 0 bridgehead atoms. The van der Waals surface area contributed by atoms with Crippen molar-refractivity contribution in [2.75, 3.05) is 5.73 Å². The van der Waals surface area contributed by atoms with Gasteiger partial charge < -0.3 is 11.9 Å².